The van der Waals surface area contributed by atoms with Gasteiger partial charge in [0.2, 0.25) is 5.91 Å². The van der Waals surface area contributed by atoms with Gasteiger partial charge in [-0.2, -0.15) is 0 Å². The molecule has 0 aromatic heterocycles. The molecule has 5 heteroatoms. The van der Waals surface area contributed by atoms with Crippen LogP contribution < -0.4 is 10.6 Å². The Hall–Kier alpha value is -1.88. The van der Waals surface area contributed by atoms with E-state index in [1.54, 1.807) is 19.1 Å². The van der Waals surface area contributed by atoms with E-state index in [2.05, 4.69) is 0 Å². The van der Waals surface area contributed by atoms with Crippen LogP contribution in [0.4, 0.5) is 5.69 Å². The summed E-state index contributed by atoms with van der Waals surface area (Å²) in [6, 6.07) is 5.74. The lowest BCUT2D eigenvalue weighted by Gasteiger charge is -2.25. The van der Waals surface area contributed by atoms with Gasteiger partial charge in [0.05, 0.1) is 6.04 Å². The summed E-state index contributed by atoms with van der Waals surface area (Å²) in [6.45, 7) is 1.81. The summed E-state index contributed by atoms with van der Waals surface area (Å²) in [5.74, 6) is -1.32. The normalized spacial score (nSPS) is 19.4. The molecule has 0 radical (unpaired) electrons. The van der Waals surface area contributed by atoms with Crippen LogP contribution in [0.25, 0.3) is 0 Å². The maximum Gasteiger partial charge on any atom is 0.327 e. The second kappa shape index (κ2) is 4.78. The third-order valence-corrected chi connectivity index (χ3v) is 3.26. The molecule has 5 nitrogen and oxygen atoms in total. The zero-order valence-electron chi connectivity index (χ0n) is 10.2. The highest BCUT2D eigenvalue weighted by atomic mass is 16.4. The topological polar surface area (TPSA) is 83.6 Å². The van der Waals surface area contributed by atoms with Crippen LogP contribution in [0.15, 0.2) is 24.3 Å². The monoisotopic (exact) mass is 248 g/mol. The number of carbonyl (C=O) groups excluding carboxylic acids is 1. The first-order valence-corrected chi connectivity index (χ1v) is 5.95. The van der Waals surface area contributed by atoms with Gasteiger partial charge in [0.25, 0.3) is 0 Å². The summed E-state index contributed by atoms with van der Waals surface area (Å²) < 4.78 is 0. The molecule has 2 atom stereocenters. The van der Waals surface area contributed by atoms with E-state index in [1.165, 1.54) is 4.90 Å². The van der Waals surface area contributed by atoms with Gasteiger partial charge in [-0.3, -0.25) is 9.69 Å². The third-order valence-electron chi connectivity index (χ3n) is 3.26. The number of hydrogen-bond donors (Lipinski definition) is 2. The maximum absolute atomic E-state index is 12.2. The van der Waals surface area contributed by atoms with Crippen molar-refractivity contribution in [1.82, 2.24) is 0 Å². The van der Waals surface area contributed by atoms with Crippen molar-refractivity contribution in [1.29, 1.82) is 0 Å². The molecule has 0 saturated carbocycles. The van der Waals surface area contributed by atoms with E-state index in [4.69, 9.17) is 5.73 Å². The van der Waals surface area contributed by atoms with Crippen LogP contribution in [0.5, 0.6) is 0 Å². The van der Waals surface area contributed by atoms with Crippen molar-refractivity contribution >= 4 is 17.6 Å². The molecule has 0 aliphatic carbocycles. The smallest absolute Gasteiger partial charge is 0.327 e. The SMILES string of the molecule is CC[C@H](N)C(=O)N1c2ccccc2C[C@H]1C(=O)O. The molecule has 18 heavy (non-hydrogen) atoms. The number of aliphatic carboxylic acids is 1. The molecule has 0 spiro atoms. The fourth-order valence-corrected chi connectivity index (χ4v) is 2.21. The molecule has 0 bridgehead atoms. The number of benzene rings is 1. The van der Waals surface area contributed by atoms with Gasteiger partial charge >= 0.3 is 5.97 Å². The zero-order valence-corrected chi connectivity index (χ0v) is 10.2. The summed E-state index contributed by atoms with van der Waals surface area (Å²) in [5.41, 5.74) is 7.27. The molecule has 1 aromatic rings. The molecular weight excluding hydrogens is 232 g/mol. The minimum Gasteiger partial charge on any atom is -0.480 e. The van der Waals surface area contributed by atoms with Crippen molar-refractivity contribution in [2.24, 2.45) is 5.73 Å². The molecule has 2 rings (SSSR count). The Kier molecular flexibility index (Phi) is 3.34. The van der Waals surface area contributed by atoms with Gasteiger partial charge in [-0.25, -0.2) is 4.79 Å². The van der Waals surface area contributed by atoms with Crippen LogP contribution in [-0.4, -0.2) is 29.1 Å². The standard InChI is InChI=1S/C13H16N2O3/c1-2-9(14)12(16)15-10-6-4-3-5-8(10)7-11(15)13(17)18/h3-6,9,11H,2,7,14H2,1H3,(H,17,18)/t9-,11-/m0/s1. The number of hydrogen-bond acceptors (Lipinski definition) is 3. The van der Waals surface area contributed by atoms with Crippen LogP contribution in [0.1, 0.15) is 18.9 Å². The fourth-order valence-electron chi connectivity index (χ4n) is 2.21. The first-order valence-electron chi connectivity index (χ1n) is 5.95. The number of amides is 1. The van der Waals surface area contributed by atoms with Crippen molar-refractivity contribution in [2.45, 2.75) is 31.8 Å². The number of anilines is 1. The minimum atomic E-state index is -0.997. The molecule has 0 saturated heterocycles. The number of nitrogens with zero attached hydrogens (tertiary/aromatic N) is 1. The lowest BCUT2D eigenvalue weighted by atomic mass is 10.1. The van der Waals surface area contributed by atoms with Gasteiger partial charge < -0.3 is 10.8 Å². The van der Waals surface area contributed by atoms with Gasteiger partial charge in [-0.15, -0.1) is 0 Å². The van der Waals surface area contributed by atoms with Gasteiger partial charge in [0.15, 0.2) is 0 Å². The predicted octanol–water partition coefficient (Wildman–Crippen LogP) is 0.766. The molecule has 1 aliphatic rings. The van der Waals surface area contributed by atoms with E-state index in [-0.39, 0.29) is 5.91 Å². The number of carboxylic acid groups (broad SMARTS) is 1. The Labute approximate surface area is 105 Å². The van der Waals surface area contributed by atoms with Crippen molar-refractivity contribution in [3.8, 4) is 0 Å². The van der Waals surface area contributed by atoms with Gasteiger partial charge in [0.1, 0.15) is 6.04 Å². The van der Waals surface area contributed by atoms with Gasteiger partial charge in [0, 0.05) is 12.1 Å². The molecule has 96 valence electrons. The van der Waals surface area contributed by atoms with Crippen LogP contribution in [-0.2, 0) is 16.0 Å². The summed E-state index contributed by atoms with van der Waals surface area (Å²) in [5, 5.41) is 9.22. The maximum atomic E-state index is 12.2. The highest BCUT2D eigenvalue weighted by Gasteiger charge is 2.39. The van der Waals surface area contributed by atoms with E-state index in [0.29, 0.717) is 18.5 Å². The van der Waals surface area contributed by atoms with Crippen molar-refractivity contribution in [2.75, 3.05) is 4.90 Å². The van der Waals surface area contributed by atoms with E-state index >= 15 is 0 Å². The third kappa shape index (κ3) is 1.97. The predicted molar refractivity (Wildman–Crippen MR) is 67.3 cm³/mol. The van der Waals surface area contributed by atoms with Crippen LogP contribution in [0, 0.1) is 0 Å². The first-order chi connectivity index (χ1) is 8.56. The summed E-state index contributed by atoms with van der Waals surface area (Å²) in [4.78, 5) is 24.8. The molecule has 1 aromatic carbocycles. The Bertz CT molecular complexity index is 487. The van der Waals surface area contributed by atoms with Crippen LogP contribution >= 0.6 is 0 Å². The molecule has 1 aliphatic heterocycles. The number of nitrogens with two attached hydrogens (primary N) is 1. The van der Waals surface area contributed by atoms with E-state index in [9.17, 15) is 14.7 Å². The summed E-state index contributed by atoms with van der Waals surface area (Å²) >= 11 is 0. The Balaban J connectivity index is 2.40. The number of fused-ring (bicyclic) bond motifs is 1. The molecule has 3 N–H and O–H groups in total. The quantitative estimate of drug-likeness (QED) is 0.827. The Morgan fingerprint density at radius 3 is 2.78 bits per heavy atom. The lowest BCUT2D eigenvalue weighted by Crippen LogP contribution is -2.49. The average Bonchev–Trinajstić information content (AvgIpc) is 2.76. The lowest BCUT2D eigenvalue weighted by molar-refractivity contribution is -0.140. The molecule has 0 fully saturated rings. The number of para-hydroxylation sites is 1. The van der Waals surface area contributed by atoms with E-state index < -0.39 is 18.1 Å². The van der Waals surface area contributed by atoms with E-state index in [1.807, 2.05) is 12.1 Å². The van der Waals surface area contributed by atoms with Crippen LogP contribution in [0.2, 0.25) is 0 Å². The molecular formula is C13H16N2O3. The minimum absolute atomic E-state index is 0.324. The van der Waals surface area contributed by atoms with Crippen molar-refractivity contribution in [3.63, 3.8) is 0 Å². The second-order valence-corrected chi connectivity index (χ2v) is 4.41. The molecule has 1 heterocycles. The second-order valence-electron chi connectivity index (χ2n) is 4.41. The number of carboxylic acids is 1. The largest absolute Gasteiger partial charge is 0.480 e. The Morgan fingerprint density at radius 1 is 1.50 bits per heavy atom. The highest BCUT2D eigenvalue weighted by Crippen LogP contribution is 2.32. The van der Waals surface area contributed by atoms with Crippen molar-refractivity contribution < 1.29 is 14.7 Å². The first kappa shape index (κ1) is 12.6. The summed E-state index contributed by atoms with van der Waals surface area (Å²) in [6.07, 6.45) is 0.831. The number of carbonyl (C=O) groups is 2. The van der Waals surface area contributed by atoms with E-state index in [0.717, 1.165) is 5.56 Å². The Morgan fingerprint density at radius 2 is 2.17 bits per heavy atom. The van der Waals surface area contributed by atoms with Crippen LogP contribution in [0.3, 0.4) is 0 Å². The fraction of sp³-hybridized carbons (Fsp3) is 0.385. The van der Waals surface area contributed by atoms with Crippen molar-refractivity contribution in [3.05, 3.63) is 29.8 Å². The van der Waals surface area contributed by atoms with Gasteiger partial charge in [-0.1, -0.05) is 25.1 Å². The average molecular weight is 248 g/mol. The van der Waals surface area contributed by atoms with Gasteiger partial charge in [-0.05, 0) is 18.1 Å². The number of rotatable bonds is 3. The summed E-state index contributed by atoms with van der Waals surface area (Å²) in [7, 11) is 0. The zero-order chi connectivity index (χ0) is 13.3. The molecule has 1 amide bonds. The molecule has 0 unspecified atom stereocenters. The highest BCUT2D eigenvalue weighted by molar-refractivity contribution is 6.04.